The molecule has 3 aromatic rings. The highest BCUT2D eigenvalue weighted by atomic mass is 19.1. The highest BCUT2D eigenvalue weighted by molar-refractivity contribution is 5.79. The van der Waals surface area contributed by atoms with E-state index in [4.69, 9.17) is 4.74 Å². The third kappa shape index (κ3) is 5.57. The van der Waals surface area contributed by atoms with Crippen LogP contribution in [-0.2, 0) is 20.1 Å². The molecule has 1 heterocycles. The normalized spacial score (nSPS) is 11.3. The van der Waals surface area contributed by atoms with Gasteiger partial charge in [0.25, 0.3) is 0 Å². The number of nitrogens with zero attached hydrogens (tertiary/aromatic N) is 3. The fraction of sp³-hybridized carbons (Fsp3) is 0.238. The molecule has 0 unspecified atom stereocenters. The SMILES string of the molecule is CCNC(=NCc1ccc(Oc2ccc(F)cc2)cc1)NCc1ccnn1C. The van der Waals surface area contributed by atoms with Crippen molar-refractivity contribution < 1.29 is 9.13 Å². The van der Waals surface area contributed by atoms with Crippen LogP contribution in [-0.4, -0.2) is 22.3 Å². The van der Waals surface area contributed by atoms with Crippen molar-refractivity contribution in [3.63, 3.8) is 0 Å². The number of nitrogens with one attached hydrogen (secondary N) is 2. The van der Waals surface area contributed by atoms with Crippen molar-refractivity contribution in [3.8, 4) is 11.5 Å². The fourth-order valence-corrected chi connectivity index (χ4v) is 2.56. The van der Waals surface area contributed by atoms with Gasteiger partial charge in [-0.2, -0.15) is 5.10 Å². The van der Waals surface area contributed by atoms with Crippen molar-refractivity contribution in [2.24, 2.45) is 12.0 Å². The summed E-state index contributed by atoms with van der Waals surface area (Å²) in [6.07, 6.45) is 1.77. The fourth-order valence-electron chi connectivity index (χ4n) is 2.56. The molecule has 0 fully saturated rings. The van der Waals surface area contributed by atoms with Crippen LogP contribution >= 0.6 is 0 Å². The predicted octanol–water partition coefficient (Wildman–Crippen LogP) is 3.61. The van der Waals surface area contributed by atoms with E-state index in [1.165, 1.54) is 12.1 Å². The maximum atomic E-state index is 13.0. The lowest BCUT2D eigenvalue weighted by Gasteiger charge is -2.11. The van der Waals surface area contributed by atoms with E-state index in [-0.39, 0.29) is 5.82 Å². The number of benzene rings is 2. The van der Waals surface area contributed by atoms with Crippen molar-refractivity contribution >= 4 is 5.96 Å². The molecule has 146 valence electrons. The summed E-state index contributed by atoms with van der Waals surface area (Å²) in [6, 6.07) is 15.6. The molecule has 0 saturated heterocycles. The lowest BCUT2D eigenvalue weighted by Crippen LogP contribution is -2.37. The maximum Gasteiger partial charge on any atom is 0.191 e. The number of aromatic nitrogens is 2. The highest BCUT2D eigenvalue weighted by Gasteiger charge is 2.02. The Morgan fingerprint density at radius 1 is 1.04 bits per heavy atom. The zero-order chi connectivity index (χ0) is 19.8. The monoisotopic (exact) mass is 381 g/mol. The van der Waals surface area contributed by atoms with E-state index < -0.39 is 0 Å². The molecule has 2 aromatic carbocycles. The van der Waals surface area contributed by atoms with Gasteiger partial charge in [0.15, 0.2) is 5.96 Å². The second-order valence-corrected chi connectivity index (χ2v) is 6.19. The summed E-state index contributed by atoms with van der Waals surface area (Å²) in [4.78, 5) is 4.62. The number of rotatable bonds is 7. The van der Waals surface area contributed by atoms with Crippen LogP contribution in [0.4, 0.5) is 4.39 Å². The Bertz CT molecular complexity index is 903. The van der Waals surface area contributed by atoms with Crippen LogP contribution in [0.2, 0.25) is 0 Å². The van der Waals surface area contributed by atoms with Crippen LogP contribution < -0.4 is 15.4 Å². The Labute approximate surface area is 164 Å². The smallest absolute Gasteiger partial charge is 0.191 e. The number of aliphatic imine (C=N–C) groups is 1. The van der Waals surface area contributed by atoms with Crippen molar-refractivity contribution in [2.75, 3.05) is 6.54 Å². The topological polar surface area (TPSA) is 63.5 Å². The van der Waals surface area contributed by atoms with Gasteiger partial charge in [0, 0.05) is 19.8 Å². The molecule has 0 saturated carbocycles. The molecule has 0 amide bonds. The summed E-state index contributed by atoms with van der Waals surface area (Å²) >= 11 is 0. The van der Waals surface area contributed by atoms with Gasteiger partial charge in [-0.25, -0.2) is 9.38 Å². The summed E-state index contributed by atoms with van der Waals surface area (Å²) in [5.74, 6) is 1.76. The molecular formula is C21H24FN5O. The third-order valence-electron chi connectivity index (χ3n) is 4.10. The van der Waals surface area contributed by atoms with Crippen LogP contribution in [0.3, 0.4) is 0 Å². The van der Waals surface area contributed by atoms with Gasteiger partial charge in [0.1, 0.15) is 17.3 Å². The Balaban J connectivity index is 1.57. The number of guanidine groups is 1. The van der Waals surface area contributed by atoms with Crippen molar-refractivity contribution in [1.82, 2.24) is 20.4 Å². The first-order valence-electron chi connectivity index (χ1n) is 9.15. The summed E-state index contributed by atoms with van der Waals surface area (Å²) in [6.45, 7) is 3.99. The standard InChI is InChI=1S/C21H24FN5O/c1-3-23-21(25-15-18-12-13-26-27(18)2)24-14-16-4-8-19(9-5-16)28-20-10-6-17(22)7-11-20/h4-13H,3,14-15H2,1-2H3,(H2,23,24,25). The number of aryl methyl sites for hydroxylation is 1. The lowest BCUT2D eigenvalue weighted by molar-refractivity contribution is 0.480. The first kappa shape index (κ1) is 19.4. The van der Waals surface area contributed by atoms with Crippen molar-refractivity contribution in [1.29, 1.82) is 0 Å². The number of halogens is 1. The third-order valence-corrected chi connectivity index (χ3v) is 4.10. The molecule has 2 N–H and O–H groups in total. The minimum Gasteiger partial charge on any atom is -0.457 e. The minimum atomic E-state index is -0.283. The molecule has 1 aromatic heterocycles. The second kappa shape index (κ2) is 9.55. The van der Waals surface area contributed by atoms with E-state index in [0.29, 0.717) is 24.6 Å². The molecule has 0 spiro atoms. The van der Waals surface area contributed by atoms with Crippen LogP contribution in [0.1, 0.15) is 18.2 Å². The average molecular weight is 381 g/mol. The number of hydrogen-bond acceptors (Lipinski definition) is 3. The zero-order valence-corrected chi connectivity index (χ0v) is 16.0. The largest absolute Gasteiger partial charge is 0.457 e. The van der Waals surface area contributed by atoms with E-state index in [0.717, 1.165) is 23.8 Å². The van der Waals surface area contributed by atoms with E-state index in [9.17, 15) is 4.39 Å². The van der Waals surface area contributed by atoms with Crippen molar-refractivity contribution in [2.45, 2.75) is 20.0 Å². The molecule has 3 rings (SSSR count). The summed E-state index contributed by atoms with van der Waals surface area (Å²) in [5.41, 5.74) is 2.14. The van der Waals surface area contributed by atoms with Gasteiger partial charge < -0.3 is 15.4 Å². The Morgan fingerprint density at radius 2 is 1.71 bits per heavy atom. The Morgan fingerprint density at radius 3 is 2.32 bits per heavy atom. The maximum absolute atomic E-state index is 13.0. The second-order valence-electron chi connectivity index (χ2n) is 6.19. The predicted molar refractivity (Wildman–Crippen MR) is 108 cm³/mol. The minimum absolute atomic E-state index is 0.283. The molecule has 6 nitrogen and oxygen atoms in total. The van der Waals surface area contributed by atoms with Gasteiger partial charge in [0.05, 0.1) is 18.8 Å². The summed E-state index contributed by atoms with van der Waals surface area (Å²) < 4.78 is 20.5. The average Bonchev–Trinajstić information content (AvgIpc) is 3.12. The van der Waals surface area contributed by atoms with E-state index in [1.54, 1.807) is 18.3 Å². The first-order valence-corrected chi connectivity index (χ1v) is 9.15. The molecule has 0 bridgehead atoms. The lowest BCUT2D eigenvalue weighted by atomic mass is 10.2. The quantitative estimate of drug-likeness (QED) is 0.485. The molecule has 0 radical (unpaired) electrons. The molecule has 0 aliphatic rings. The molecule has 0 aliphatic heterocycles. The van der Waals surface area contributed by atoms with Gasteiger partial charge >= 0.3 is 0 Å². The van der Waals surface area contributed by atoms with Crippen molar-refractivity contribution in [3.05, 3.63) is 77.9 Å². The Hall–Kier alpha value is -3.35. The zero-order valence-electron chi connectivity index (χ0n) is 16.0. The van der Waals surface area contributed by atoms with Gasteiger partial charge in [-0.15, -0.1) is 0 Å². The van der Waals surface area contributed by atoms with Crippen LogP contribution in [0.5, 0.6) is 11.5 Å². The Kier molecular flexibility index (Phi) is 6.62. The van der Waals surface area contributed by atoms with Gasteiger partial charge in [-0.05, 0) is 55.0 Å². The first-order chi connectivity index (χ1) is 13.6. The highest BCUT2D eigenvalue weighted by Crippen LogP contribution is 2.22. The van der Waals surface area contributed by atoms with Gasteiger partial charge in [0.2, 0.25) is 0 Å². The van der Waals surface area contributed by atoms with E-state index >= 15 is 0 Å². The van der Waals surface area contributed by atoms with E-state index in [1.807, 2.05) is 49.0 Å². The molecular weight excluding hydrogens is 357 g/mol. The molecule has 0 aliphatic carbocycles. The van der Waals surface area contributed by atoms with E-state index in [2.05, 4.69) is 20.7 Å². The number of ether oxygens (including phenoxy) is 1. The van der Waals surface area contributed by atoms with Gasteiger partial charge in [-0.1, -0.05) is 12.1 Å². The molecule has 28 heavy (non-hydrogen) atoms. The van der Waals surface area contributed by atoms with Gasteiger partial charge in [-0.3, -0.25) is 4.68 Å². The van der Waals surface area contributed by atoms with Crippen LogP contribution in [0.15, 0.2) is 65.8 Å². The molecule has 7 heteroatoms. The summed E-state index contributed by atoms with van der Waals surface area (Å²) in [5, 5.41) is 10.7. The molecule has 0 atom stereocenters. The van der Waals surface area contributed by atoms with Crippen LogP contribution in [0, 0.1) is 5.82 Å². The number of hydrogen-bond donors (Lipinski definition) is 2. The van der Waals surface area contributed by atoms with Crippen LogP contribution in [0.25, 0.3) is 0 Å². The summed E-state index contributed by atoms with van der Waals surface area (Å²) in [7, 11) is 1.91.